The smallest absolute Gasteiger partial charge is 0.193 e. The first-order chi connectivity index (χ1) is 9.88. The summed E-state index contributed by atoms with van der Waals surface area (Å²) >= 11 is 0. The fraction of sp³-hybridized carbons (Fsp3) is 0.500. The van der Waals surface area contributed by atoms with E-state index < -0.39 is 0 Å². The maximum Gasteiger partial charge on any atom is 0.193 e. The van der Waals surface area contributed by atoms with Gasteiger partial charge in [0.2, 0.25) is 0 Å². The molecule has 2 aromatic rings. The molecule has 1 fully saturated rings. The molecule has 3 rings (SSSR count). The van der Waals surface area contributed by atoms with E-state index in [1.807, 2.05) is 35.8 Å². The lowest BCUT2D eigenvalue weighted by atomic mass is 10.4. The van der Waals surface area contributed by atoms with Gasteiger partial charge in [0.05, 0.1) is 0 Å². The van der Waals surface area contributed by atoms with E-state index in [-0.39, 0.29) is 0 Å². The van der Waals surface area contributed by atoms with Gasteiger partial charge >= 0.3 is 0 Å². The van der Waals surface area contributed by atoms with Crippen LogP contribution in [0, 0.1) is 0 Å². The molecule has 1 N–H and O–H groups in total. The Hall–Kier alpha value is -2.11. The van der Waals surface area contributed by atoms with Crippen molar-refractivity contribution < 1.29 is 0 Å². The number of fused-ring (bicyclic) bond motifs is 1. The van der Waals surface area contributed by atoms with Gasteiger partial charge in [-0.2, -0.15) is 0 Å². The third-order valence-corrected chi connectivity index (χ3v) is 3.63. The second kappa shape index (κ2) is 5.90. The van der Waals surface area contributed by atoms with E-state index in [0.717, 1.165) is 43.5 Å². The highest BCUT2D eigenvalue weighted by atomic mass is 15.3. The van der Waals surface area contributed by atoms with Crippen molar-refractivity contribution in [2.45, 2.75) is 19.3 Å². The Labute approximate surface area is 118 Å². The monoisotopic (exact) mass is 272 g/mol. The quantitative estimate of drug-likeness (QED) is 0.667. The molecule has 0 aromatic carbocycles. The second-order valence-electron chi connectivity index (χ2n) is 4.96. The first kappa shape index (κ1) is 12.9. The van der Waals surface area contributed by atoms with Crippen LogP contribution in [0.3, 0.4) is 0 Å². The van der Waals surface area contributed by atoms with Crippen LogP contribution in [-0.4, -0.2) is 52.1 Å². The number of aliphatic imine (C=N–C) groups is 1. The molecule has 6 heteroatoms. The van der Waals surface area contributed by atoms with Crippen LogP contribution in [0.5, 0.6) is 0 Å². The summed E-state index contributed by atoms with van der Waals surface area (Å²) in [4.78, 5) is 6.65. The van der Waals surface area contributed by atoms with Crippen molar-refractivity contribution in [3.63, 3.8) is 0 Å². The zero-order valence-electron chi connectivity index (χ0n) is 11.8. The summed E-state index contributed by atoms with van der Waals surface area (Å²) in [6, 6.07) is 5.94. The topological polar surface area (TPSA) is 57.8 Å². The minimum atomic E-state index is 0.818. The van der Waals surface area contributed by atoms with Gasteiger partial charge in [0.25, 0.3) is 0 Å². The number of hydrogen-bond acceptors (Lipinski definition) is 3. The Bertz CT molecular complexity index is 596. The van der Waals surface area contributed by atoms with E-state index in [0.29, 0.717) is 0 Å². The van der Waals surface area contributed by atoms with E-state index >= 15 is 0 Å². The molecule has 0 aliphatic carbocycles. The van der Waals surface area contributed by atoms with Crippen molar-refractivity contribution in [2.75, 3.05) is 26.7 Å². The predicted octanol–water partition coefficient (Wildman–Crippen LogP) is 0.943. The van der Waals surface area contributed by atoms with Crippen LogP contribution in [0.4, 0.5) is 0 Å². The van der Waals surface area contributed by atoms with Crippen LogP contribution < -0.4 is 5.32 Å². The molecule has 1 saturated heterocycles. The van der Waals surface area contributed by atoms with Gasteiger partial charge in [-0.1, -0.05) is 6.07 Å². The molecular formula is C14H20N6. The summed E-state index contributed by atoms with van der Waals surface area (Å²) in [5.41, 5.74) is 0.895. The van der Waals surface area contributed by atoms with Gasteiger partial charge in [0, 0.05) is 39.3 Å². The number of rotatable bonds is 3. The summed E-state index contributed by atoms with van der Waals surface area (Å²) in [7, 11) is 1.84. The summed E-state index contributed by atoms with van der Waals surface area (Å²) < 4.78 is 2.03. The Morgan fingerprint density at radius 1 is 1.30 bits per heavy atom. The summed E-state index contributed by atoms with van der Waals surface area (Å²) in [6.07, 6.45) is 5.35. The molecule has 0 radical (unpaired) electrons. The van der Waals surface area contributed by atoms with Crippen molar-refractivity contribution in [3.05, 3.63) is 30.2 Å². The second-order valence-corrected chi connectivity index (χ2v) is 4.96. The van der Waals surface area contributed by atoms with E-state index in [1.54, 1.807) is 0 Å². The molecule has 3 heterocycles. The van der Waals surface area contributed by atoms with E-state index in [2.05, 4.69) is 25.4 Å². The standard InChI is InChI=1S/C14H20N6/c1-15-14(19-9-4-5-10-19)16-8-7-13-18-17-12-6-2-3-11-20(12)13/h2-3,6,11H,4-5,7-10H2,1H3,(H,15,16). The van der Waals surface area contributed by atoms with Gasteiger partial charge < -0.3 is 10.2 Å². The van der Waals surface area contributed by atoms with Crippen molar-refractivity contribution in [1.82, 2.24) is 24.8 Å². The minimum Gasteiger partial charge on any atom is -0.356 e. The predicted molar refractivity (Wildman–Crippen MR) is 78.9 cm³/mol. The maximum atomic E-state index is 4.34. The molecule has 6 nitrogen and oxygen atoms in total. The van der Waals surface area contributed by atoms with Crippen LogP contribution in [0.2, 0.25) is 0 Å². The Morgan fingerprint density at radius 3 is 2.95 bits per heavy atom. The number of nitrogens with zero attached hydrogens (tertiary/aromatic N) is 5. The molecule has 1 aliphatic rings. The van der Waals surface area contributed by atoms with Crippen molar-refractivity contribution in [3.8, 4) is 0 Å². The van der Waals surface area contributed by atoms with Crippen LogP contribution >= 0.6 is 0 Å². The molecule has 2 aromatic heterocycles. The van der Waals surface area contributed by atoms with Crippen LogP contribution in [0.1, 0.15) is 18.7 Å². The lowest BCUT2D eigenvalue weighted by Crippen LogP contribution is -2.40. The van der Waals surface area contributed by atoms with Gasteiger partial charge in [0.15, 0.2) is 11.6 Å². The van der Waals surface area contributed by atoms with Crippen molar-refractivity contribution >= 4 is 11.6 Å². The van der Waals surface area contributed by atoms with Crippen molar-refractivity contribution in [2.24, 2.45) is 4.99 Å². The number of aromatic nitrogens is 3. The molecule has 0 spiro atoms. The summed E-state index contributed by atoms with van der Waals surface area (Å²) in [6.45, 7) is 3.03. The first-order valence-electron chi connectivity index (χ1n) is 7.13. The number of hydrogen-bond donors (Lipinski definition) is 1. The minimum absolute atomic E-state index is 0.818. The molecular weight excluding hydrogens is 252 g/mol. The molecule has 0 bridgehead atoms. The van der Waals surface area contributed by atoms with Gasteiger partial charge in [-0.15, -0.1) is 10.2 Å². The molecule has 106 valence electrons. The maximum absolute atomic E-state index is 4.34. The zero-order valence-corrected chi connectivity index (χ0v) is 11.8. The normalized spacial score (nSPS) is 16.1. The number of nitrogens with one attached hydrogen (secondary N) is 1. The highest BCUT2D eigenvalue weighted by Crippen LogP contribution is 2.07. The third kappa shape index (κ3) is 2.59. The zero-order chi connectivity index (χ0) is 13.8. The molecule has 0 saturated carbocycles. The molecule has 0 amide bonds. The van der Waals surface area contributed by atoms with E-state index in [9.17, 15) is 0 Å². The highest BCUT2D eigenvalue weighted by Gasteiger charge is 2.15. The van der Waals surface area contributed by atoms with E-state index in [1.165, 1.54) is 12.8 Å². The Balaban J connectivity index is 1.59. The summed E-state index contributed by atoms with van der Waals surface area (Å²) in [5.74, 6) is 1.97. The lowest BCUT2D eigenvalue weighted by molar-refractivity contribution is 0.493. The number of likely N-dealkylation sites (tertiary alicyclic amines) is 1. The average molecular weight is 272 g/mol. The van der Waals surface area contributed by atoms with Gasteiger partial charge in [-0.25, -0.2) is 0 Å². The molecule has 0 atom stereocenters. The Morgan fingerprint density at radius 2 is 2.15 bits per heavy atom. The molecule has 0 unspecified atom stereocenters. The van der Waals surface area contributed by atoms with Crippen LogP contribution in [0.25, 0.3) is 5.65 Å². The number of pyridine rings is 1. The SMILES string of the molecule is CN=C(NCCc1nnc2ccccn12)N1CCCC1. The largest absolute Gasteiger partial charge is 0.356 e. The van der Waals surface area contributed by atoms with Crippen molar-refractivity contribution in [1.29, 1.82) is 0 Å². The average Bonchev–Trinajstić information content (AvgIpc) is 3.14. The Kier molecular flexibility index (Phi) is 3.80. The number of guanidine groups is 1. The highest BCUT2D eigenvalue weighted by molar-refractivity contribution is 5.80. The molecule has 20 heavy (non-hydrogen) atoms. The van der Waals surface area contributed by atoms with Gasteiger partial charge in [-0.05, 0) is 25.0 Å². The lowest BCUT2D eigenvalue weighted by Gasteiger charge is -2.20. The summed E-state index contributed by atoms with van der Waals surface area (Å²) in [5, 5.41) is 11.8. The van der Waals surface area contributed by atoms with Gasteiger partial charge in [-0.3, -0.25) is 9.39 Å². The fourth-order valence-corrected chi connectivity index (χ4v) is 2.61. The third-order valence-electron chi connectivity index (χ3n) is 3.63. The van der Waals surface area contributed by atoms with E-state index in [4.69, 9.17) is 0 Å². The van der Waals surface area contributed by atoms with Crippen LogP contribution in [0.15, 0.2) is 29.4 Å². The fourth-order valence-electron chi connectivity index (χ4n) is 2.61. The molecule has 1 aliphatic heterocycles. The first-order valence-corrected chi connectivity index (χ1v) is 7.13. The van der Waals surface area contributed by atoms with Gasteiger partial charge in [0.1, 0.15) is 5.82 Å². The van der Waals surface area contributed by atoms with Crippen LogP contribution in [-0.2, 0) is 6.42 Å².